The topological polar surface area (TPSA) is 23.6 Å². The van der Waals surface area contributed by atoms with Gasteiger partial charge in [0.1, 0.15) is 6.29 Å². The maximum absolute atomic E-state index is 11.4. The fourth-order valence-electron chi connectivity index (χ4n) is 3.43. The molecule has 0 N–H and O–H groups in total. The lowest BCUT2D eigenvalue weighted by Gasteiger charge is -2.41. The van der Waals surface area contributed by atoms with E-state index in [-0.39, 0.29) is 5.41 Å². The van der Waals surface area contributed by atoms with Gasteiger partial charge in [0.25, 0.3) is 0 Å². The maximum atomic E-state index is 11.4. The van der Waals surface area contributed by atoms with Gasteiger partial charge in [0.15, 0.2) is 0 Å². The quantitative estimate of drug-likeness (QED) is 0.697. The Morgan fingerprint density at radius 1 is 1.29 bits per heavy atom. The van der Waals surface area contributed by atoms with Crippen LogP contribution in [0.1, 0.15) is 39.0 Å². The Bertz CT molecular complexity index is 261. The summed E-state index contributed by atoms with van der Waals surface area (Å²) in [4.78, 5) is 16.4. The van der Waals surface area contributed by atoms with E-state index in [2.05, 4.69) is 23.8 Å². The van der Waals surface area contributed by atoms with E-state index in [1.165, 1.54) is 25.5 Å². The van der Waals surface area contributed by atoms with Gasteiger partial charge >= 0.3 is 0 Å². The summed E-state index contributed by atoms with van der Waals surface area (Å²) in [7, 11) is 2.22. The predicted molar refractivity (Wildman–Crippen MR) is 70.1 cm³/mol. The van der Waals surface area contributed by atoms with Crippen LogP contribution in [0.2, 0.25) is 0 Å². The van der Waals surface area contributed by atoms with Gasteiger partial charge in [-0.3, -0.25) is 4.90 Å². The summed E-state index contributed by atoms with van der Waals surface area (Å²) in [5.74, 6) is 0. The van der Waals surface area contributed by atoms with Crippen LogP contribution in [0, 0.1) is 5.41 Å². The molecule has 2 fully saturated rings. The molecule has 1 aliphatic carbocycles. The molecule has 1 heterocycles. The molecule has 17 heavy (non-hydrogen) atoms. The minimum absolute atomic E-state index is 0.00575. The zero-order chi connectivity index (χ0) is 12.3. The van der Waals surface area contributed by atoms with Crippen LogP contribution in [-0.2, 0) is 4.79 Å². The molecule has 2 aliphatic rings. The van der Waals surface area contributed by atoms with Gasteiger partial charge < -0.3 is 9.69 Å². The van der Waals surface area contributed by atoms with Gasteiger partial charge in [-0.1, -0.05) is 19.8 Å². The first kappa shape index (κ1) is 13.0. The molecule has 1 saturated heterocycles. The zero-order valence-electron chi connectivity index (χ0n) is 11.3. The normalized spacial score (nSPS) is 30.6. The Kier molecular flexibility index (Phi) is 4.21. The van der Waals surface area contributed by atoms with Gasteiger partial charge in [-0.05, 0) is 26.3 Å². The van der Waals surface area contributed by atoms with E-state index in [0.29, 0.717) is 6.04 Å². The summed E-state index contributed by atoms with van der Waals surface area (Å²) in [5.41, 5.74) is -0.00575. The third-order valence-corrected chi connectivity index (χ3v) is 4.72. The lowest BCUT2D eigenvalue weighted by atomic mass is 9.87. The molecule has 0 aromatic rings. The second-order valence-electron chi connectivity index (χ2n) is 5.97. The molecule has 2 rings (SSSR count). The highest BCUT2D eigenvalue weighted by Crippen LogP contribution is 2.37. The highest BCUT2D eigenvalue weighted by Gasteiger charge is 2.36. The van der Waals surface area contributed by atoms with Crippen molar-refractivity contribution in [1.82, 2.24) is 9.80 Å². The number of carbonyl (C=O) groups excluding carboxylic acids is 1. The van der Waals surface area contributed by atoms with Crippen LogP contribution in [0.15, 0.2) is 0 Å². The van der Waals surface area contributed by atoms with Crippen LogP contribution >= 0.6 is 0 Å². The number of piperazine rings is 1. The molecule has 1 aliphatic heterocycles. The molecule has 0 bridgehead atoms. The average molecular weight is 238 g/mol. The van der Waals surface area contributed by atoms with Crippen molar-refractivity contribution >= 4 is 6.29 Å². The summed E-state index contributed by atoms with van der Waals surface area (Å²) >= 11 is 0. The summed E-state index contributed by atoms with van der Waals surface area (Å²) in [6.45, 7) is 6.68. The van der Waals surface area contributed by atoms with Crippen molar-refractivity contribution in [2.45, 2.75) is 45.1 Å². The summed E-state index contributed by atoms with van der Waals surface area (Å²) in [5, 5.41) is 0. The highest BCUT2D eigenvalue weighted by atomic mass is 16.1. The predicted octanol–water partition coefficient (Wildman–Crippen LogP) is 1.77. The van der Waals surface area contributed by atoms with Crippen LogP contribution in [0.25, 0.3) is 0 Å². The Labute approximate surface area is 105 Å². The van der Waals surface area contributed by atoms with E-state index < -0.39 is 0 Å². The smallest absolute Gasteiger partial charge is 0.127 e. The van der Waals surface area contributed by atoms with Gasteiger partial charge in [-0.15, -0.1) is 0 Å². The van der Waals surface area contributed by atoms with E-state index in [0.717, 1.165) is 39.0 Å². The van der Waals surface area contributed by atoms with Crippen molar-refractivity contribution in [1.29, 1.82) is 0 Å². The number of hydrogen-bond acceptors (Lipinski definition) is 3. The zero-order valence-corrected chi connectivity index (χ0v) is 11.3. The third-order valence-electron chi connectivity index (χ3n) is 4.72. The van der Waals surface area contributed by atoms with E-state index in [4.69, 9.17) is 0 Å². The van der Waals surface area contributed by atoms with Crippen LogP contribution in [0.3, 0.4) is 0 Å². The van der Waals surface area contributed by atoms with E-state index >= 15 is 0 Å². The fraction of sp³-hybridized carbons (Fsp3) is 0.929. The van der Waals surface area contributed by atoms with E-state index in [1.807, 2.05) is 0 Å². The van der Waals surface area contributed by atoms with Gasteiger partial charge in [0, 0.05) is 37.6 Å². The lowest BCUT2D eigenvalue weighted by Crippen LogP contribution is -2.53. The van der Waals surface area contributed by atoms with Crippen LogP contribution in [0.4, 0.5) is 0 Å². The largest absolute Gasteiger partial charge is 0.303 e. The van der Waals surface area contributed by atoms with Crippen molar-refractivity contribution < 1.29 is 4.79 Å². The summed E-state index contributed by atoms with van der Waals surface area (Å²) in [6.07, 6.45) is 7.16. The third kappa shape index (κ3) is 2.89. The van der Waals surface area contributed by atoms with Crippen molar-refractivity contribution in [2.75, 3.05) is 33.2 Å². The van der Waals surface area contributed by atoms with Gasteiger partial charge in [-0.2, -0.15) is 0 Å². The van der Waals surface area contributed by atoms with Crippen molar-refractivity contribution in [3.63, 3.8) is 0 Å². The monoisotopic (exact) mass is 238 g/mol. The van der Waals surface area contributed by atoms with Crippen LogP contribution in [0.5, 0.6) is 0 Å². The van der Waals surface area contributed by atoms with Crippen LogP contribution < -0.4 is 0 Å². The Balaban J connectivity index is 1.92. The highest BCUT2D eigenvalue weighted by molar-refractivity contribution is 5.60. The van der Waals surface area contributed by atoms with Crippen molar-refractivity contribution in [3.05, 3.63) is 0 Å². The first-order valence-electron chi connectivity index (χ1n) is 7.08. The SMILES string of the molecule is CCC1CN(CC2(C=O)CCCC2)CCN1C. The van der Waals surface area contributed by atoms with Crippen molar-refractivity contribution in [2.24, 2.45) is 5.41 Å². The first-order valence-corrected chi connectivity index (χ1v) is 7.08. The molecule has 0 radical (unpaired) electrons. The Hall–Kier alpha value is -0.410. The Morgan fingerprint density at radius 2 is 2.00 bits per heavy atom. The number of carbonyl (C=O) groups is 1. The number of nitrogens with zero attached hydrogens (tertiary/aromatic N) is 2. The molecule has 1 atom stereocenters. The molecule has 3 nitrogen and oxygen atoms in total. The number of rotatable bonds is 4. The standard InChI is InChI=1S/C14H26N2O/c1-3-13-10-16(9-8-15(13)2)11-14(12-17)6-4-5-7-14/h12-13H,3-11H2,1-2H3. The van der Waals surface area contributed by atoms with Gasteiger partial charge in [-0.25, -0.2) is 0 Å². The molecule has 0 aromatic heterocycles. The fourth-order valence-corrected chi connectivity index (χ4v) is 3.43. The molecule has 0 amide bonds. The van der Waals surface area contributed by atoms with Gasteiger partial charge in [0.05, 0.1) is 0 Å². The second kappa shape index (κ2) is 5.49. The number of aldehydes is 1. The maximum Gasteiger partial charge on any atom is 0.127 e. The molecular formula is C14H26N2O. The molecule has 1 saturated carbocycles. The van der Waals surface area contributed by atoms with Gasteiger partial charge in [0.2, 0.25) is 0 Å². The first-order chi connectivity index (χ1) is 8.19. The average Bonchev–Trinajstić information content (AvgIpc) is 2.81. The lowest BCUT2D eigenvalue weighted by molar-refractivity contribution is -0.117. The summed E-state index contributed by atoms with van der Waals surface area (Å²) in [6, 6.07) is 0.675. The molecule has 98 valence electrons. The van der Waals surface area contributed by atoms with Crippen molar-refractivity contribution in [3.8, 4) is 0 Å². The molecule has 0 spiro atoms. The number of likely N-dealkylation sites (N-methyl/N-ethyl adjacent to an activating group) is 1. The minimum Gasteiger partial charge on any atom is -0.303 e. The van der Waals surface area contributed by atoms with E-state index in [9.17, 15) is 4.79 Å². The Morgan fingerprint density at radius 3 is 2.59 bits per heavy atom. The van der Waals surface area contributed by atoms with E-state index in [1.54, 1.807) is 0 Å². The molecule has 0 aromatic carbocycles. The second-order valence-corrected chi connectivity index (χ2v) is 5.97. The molecular weight excluding hydrogens is 212 g/mol. The minimum atomic E-state index is -0.00575. The number of hydrogen-bond donors (Lipinski definition) is 0. The molecule has 1 unspecified atom stereocenters. The summed E-state index contributed by atoms with van der Waals surface area (Å²) < 4.78 is 0. The molecule has 3 heteroatoms. The van der Waals surface area contributed by atoms with Crippen LogP contribution in [-0.4, -0.2) is 55.4 Å².